The van der Waals surface area contributed by atoms with Crippen LogP contribution in [-0.2, 0) is 21.2 Å². The molecule has 0 atom stereocenters. The molecule has 0 spiro atoms. The van der Waals surface area contributed by atoms with Crippen molar-refractivity contribution in [3.8, 4) is 0 Å². The second-order valence-electron chi connectivity index (χ2n) is 11.4. The van der Waals surface area contributed by atoms with Crippen LogP contribution in [0.5, 0.6) is 0 Å². The lowest BCUT2D eigenvalue weighted by atomic mass is 9.97. The molecule has 0 radical (unpaired) electrons. The standard InChI is InChI=1S/C31H37N3O4S/c1-19(2)27-18-34(39(36,37)25-12-9-20(3)10-13-25)28-14-11-23(32-29(27)28)17-26-21(4)15-24(16-22(26)5)33-30(35)38-31(6,7)8/h9-16,18-19H,17H2,1-8H3,(H,33,35). The molecule has 8 heteroatoms. The van der Waals surface area contributed by atoms with Crippen molar-refractivity contribution >= 4 is 32.8 Å². The maximum Gasteiger partial charge on any atom is 0.412 e. The predicted octanol–water partition coefficient (Wildman–Crippen LogP) is 7.26. The number of nitrogens with one attached hydrogen (secondary N) is 1. The Labute approximate surface area is 231 Å². The number of hydrogen-bond acceptors (Lipinski definition) is 5. The lowest BCUT2D eigenvalue weighted by Crippen LogP contribution is -2.27. The number of hydrogen-bond donors (Lipinski definition) is 1. The minimum absolute atomic E-state index is 0.0893. The molecule has 0 saturated carbocycles. The lowest BCUT2D eigenvalue weighted by molar-refractivity contribution is 0.0636. The molecule has 2 aromatic heterocycles. The van der Waals surface area contributed by atoms with E-state index in [1.165, 1.54) is 3.97 Å². The van der Waals surface area contributed by atoms with E-state index in [-0.39, 0.29) is 10.8 Å². The van der Waals surface area contributed by atoms with Gasteiger partial charge >= 0.3 is 6.09 Å². The van der Waals surface area contributed by atoms with Crippen LogP contribution in [0.25, 0.3) is 11.0 Å². The van der Waals surface area contributed by atoms with Crippen LogP contribution in [0.2, 0.25) is 0 Å². The number of rotatable bonds is 6. The fourth-order valence-electron chi connectivity index (χ4n) is 4.63. The highest BCUT2D eigenvalue weighted by atomic mass is 32.2. The quantitative estimate of drug-likeness (QED) is 0.274. The second-order valence-corrected chi connectivity index (χ2v) is 13.2. The topological polar surface area (TPSA) is 90.3 Å². The Morgan fingerprint density at radius 2 is 1.62 bits per heavy atom. The Morgan fingerprint density at radius 1 is 1.00 bits per heavy atom. The minimum atomic E-state index is -3.77. The molecule has 4 aromatic rings. The average Bonchev–Trinajstić information content (AvgIpc) is 3.20. The van der Waals surface area contributed by atoms with Gasteiger partial charge < -0.3 is 4.74 Å². The highest BCUT2D eigenvalue weighted by Gasteiger charge is 2.24. The van der Waals surface area contributed by atoms with Crippen LogP contribution in [0.3, 0.4) is 0 Å². The van der Waals surface area contributed by atoms with E-state index in [1.807, 2.05) is 79.7 Å². The van der Waals surface area contributed by atoms with Gasteiger partial charge in [-0.15, -0.1) is 0 Å². The second kappa shape index (κ2) is 10.5. The number of nitrogens with zero attached hydrogens (tertiary/aromatic N) is 2. The summed E-state index contributed by atoms with van der Waals surface area (Å²) in [5.41, 5.74) is 7.22. The largest absolute Gasteiger partial charge is 0.444 e. The summed E-state index contributed by atoms with van der Waals surface area (Å²) >= 11 is 0. The molecule has 7 nitrogen and oxygen atoms in total. The molecular weight excluding hydrogens is 510 g/mol. The summed E-state index contributed by atoms with van der Waals surface area (Å²) in [6, 6.07) is 14.5. The average molecular weight is 548 g/mol. The number of amides is 1. The molecule has 0 saturated heterocycles. The zero-order valence-corrected chi connectivity index (χ0v) is 24.7. The molecule has 1 amide bonds. The molecule has 39 heavy (non-hydrogen) atoms. The van der Waals surface area contributed by atoms with E-state index in [9.17, 15) is 13.2 Å². The molecular formula is C31H37N3O4S. The Bertz CT molecular complexity index is 1620. The van der Waals surface area contributed by atoms with Crippen molar-refractivity contribution in [2.45, 2.75) is 78.2 Å². The van der Waals surface area contributed by atoms with Gasteiger partial charge in [-0.3, -0.25) is 10.3 Å². The smallest absolute Gasteiger partial charge is 0.412 e. The predicted molar refractivity (Wildman–Crippen MR) is 156 cm³/mol. The van der Waals surface area contributed by atoms with Crippen molar-refractivity contribution in [3.05, 3.63) is 88.2 Å². The van der Waals surface area contributed by atoms with Gasteiger partial charge in [-0.25, -0.2) is 17.2 Å². The van der Waals surface area contributed by atoms with Crippen molar-refractivity contribution in [1.82, 2.24) is 8.96 Å². The number of carbonyl (C=O) groups excluding carboxylic acids is 1. The molecule has 0 aliphatic heterocycles. The maximum atomic E-state index is 13.5. The number of aromatic nitrogens is 2. The van der Waals surface area contributed by atoms with E-state index in [0.717, 1.165) is 33.5 Å². The number of fused-ring (bicyclic) bond motifs is 1. The Morgan fingerprint density at radius 3 is 2.18 bits per heavy atom. The van der Waals surface area contributed by atoms with E-state index >= 15 is 0 Å². The molecule has 1 N–H and O–H groups in total. The van der Waals surface area contributed by atoms with Crippen molar-refractivity contribution in [2.75, 3.05) is 5.32 Å². The summed E-state index contributed by atoms with van der Waals surface area (Å²) in [4.78, 5) is 17.4. The number of benzene rings is 2. The molecule has 2 aromatic carbocycles. The number of anilines is 1. The van der Waals surface area contributed by atoms with Crippen LogP contribution in [0.4, 0.5) is 10.5 Å². The van der Waals surface area contributed by atoms with Crippen molar-refractivity contribution in [3.63, 3.8) is 0 Å². The third kappa shape index (κ3) is 6.17. The van der Waals surface area contributed by atoms with Gasteiger partial charge in [0, 0.05) is 24.0 Å². The van der Waals surface area contributed by atoms with E-state index in [4.69, 9.17) is 9.72 Å². The SMILES string of the molecule is Cc1ccc(S(=O)(=O)n2cc(C(C)C)c3nc(Cc4c(C)cc(NC(=O)OC(C)(C)C)cc4C)ccc32)cc1. The molecule has 206 valence electrons. The Hall–Kier alpha value is -3.65. The molecule has 0 fully saturated rings. The molecule has 0 bridgehead atoms. The third-order valence-electron chi connectivity index (χ3n) is 6.60. The van der Waals surface area contributed by atoms with Gasteiger partial charge in [0.1, 0.15) is 5.60 Å². The van der Waals surface area contributed by atoms with Crippen molar-refractivity contribution in [2.24, 2.45) is 0 Å². The van der Waals surface area contributed by atoms with Gasteiger partial charge in [0.15, 0.2) is 0 Å². The summed E-state index contributed by atoms with van der Waals surface area (Å²) in [7, 11) is -3.77. The van der Waals surface area contributed by atoms with Gasteiger partial charge in [-0.05, 0) is 106 Å². The highest BCUT2D eigenvalue weighted by molar-refractivity contribution is 7.90. The number of aryl methyl sites for hydroxylation is 3. The molecule has 0 unspecified atom stereocenters. The van der Waals surface area contributed by atoms with E-state index < -0.39 is 21.7 Å². The first-order valence-corrected chi connectivity index (χ1v) is 14.5. The summed E-state index contributed by atoms with van der Waals surface area (Å²) in [5, 5.41) is 2.81. The van der Waals surface area contributed by atoms with Crippen LogP contribution < -0.4 is 5.32 Å². The first-order chi connectivity index (χ1) is 18.2. The summed E-state index contributed by atoms with van der Waals surface area (Å²) < 4.78 is 33.8. The van der Waals surface area contributed by atoms with Crippen molar-refractivity contribution in [1.29, 1.82) is 0 Å². The van der Waals surface area contributed by atoms with E-state index in [0.29, 0.717) is 23.1 Å². The van der Waals surface area contributed by atoms with Crippen LogP contribution in [0.1, 0.15) is 74.0 Å². The normalized spacial score (nSPS) is 12.2. The zero-order valence-electron chi connectivity index (χ0n) is 23.9. The molecule has 0 aliphatic carbocycles. The summed E-state index contributed by atoms with van der Waals surface area (Å²) in [6.45, 7) is 15.5. The van der Waals surface area contributed by atoms with Gasteiger partial charge in [0.2, 0.25) is 0 Å². The summed E-state index contributed by atoms with van der Waals surface area (Å²) in [5.74, 6) is 0.0893. The molecule has 4 rings (SSSR count). The number of ether oxygens (including phenoxy) is 1. The van der Waals surface area contributed by atoms with Gasteiger partial charge in [-0.1, -0.05) is 31.5 Å². The summed E-state index contributed by atoms with van der Waals surface area (Å²) in [6.07, 6.45) is 1.79. The van der Waals surface area contributed by atoms with Gasteiger partial charge in [0.25, 0.3) is 10.0 Å². The van der Waals surface area contributed by atoms with Crippen LogP contribution in [-0.4, -0.2) is 29.1 Å². The number of pyridine rings is 1. The fourth-order valence-corrected chi connectivity index (χ4v) is 6.00. The lowest BCUT2D eigenvalue weighted by Gasteiger charge is -2.20. The van der Waals surface area contributed by atoms with Crippen LogP contribution >= 0.6 is 0 Å². The monoisotopic (exact) mass is 547 g/mol. The minimum Gasteiger partial charge on any atom is -0.444 e. The Balaban J connectivity index is 1.69. The van der Waals surface area contributed by atoms with E-state index in [1.54, 1.807) is 30.5 Å². The van der Waals surface area contributed by atoms with Crippen LogP contribution in [0, 0.1) is 20.8 Å². The maximum absolute atomic E-state index is 13.5. The fraction of sp³-hybridized carbons (Fsp3) is 0.355. The van der Waals surface area contributed by atoms with Gasteiger partial charge in [0.05, 0.1) is 15.9 Å². The van der Waals surface area contributed by atoms with Crippen LogP contribution in [0.15, 0.2) is 59.6 Å². The Kier molecular flexibility index (Phi) is 7.63. The van der Waals surface area contributed by atoms with E-state index in [2.05, 4.69) is 5.32 Å². The van der Waals surface area contributed by atoms with Crippen molar-refractivity contribution < 1.29 is 17.9 Å². The molecule has 0 aliphatic rings. The molecule has 2 heterocycles. The first-order valence-electron chi connectivity index (χ1n) is 13.1. The third-order valence-corrected chi connectivity index (χ3v) is 8.29. The zero-order chi connectivity index (χ0) is 28.7. The number of carbonyl (C=O) groups is 1. The first kappa shape index (κ1) is 28.4. The van der Waals surface area contributed by atoms with Gasteiger partial charge in [-0.2, -0.15) is 0 Å². The highest BCUT2D eigenvalue weighted by Crippen LogP contribution is 2.31.